The van der Waals surface area contributed by atoms with Crippen molar-refractivity contribution in [2.75, 3.05) is 0 Å². The zero-order chi connectivity index (χ0) is 13.7. The first-order valence-corrected chi connectivity index (χ1v) is 6.55. The van der Waals surface area contributed by atoms with Crippen LogP contribution < -0.4 is 0 Å². The number of carboxylic acids is 1. The van der Waals surface area contributed by atoms with E-state index in [1.165, 1.54) is 0 Å². The molecule has 0 aliphatic carbocycles. The average Bonchev–Trinajstić information content (AvgIpc) is 2.43. The molecule has 0 saturated heterocycles. The molecule has 0 fully saturated rings. The monoisotopic (exact) mass is 254 g/mol. The molecule has 1 unspecified atom stereocenters. The molecule has 0 saturated carbocycles. The van der Waals surface area contributed by atoms with Crippen molar-refractivity contribution in [3.8, 4) is 0 Å². The summed E-state index contributed by atoms with van der Waals surface area (Å²) < 4.78 is 0. The zero-order valence-corrected chi connectivity index (χ0v) is 10.9. The number of allylic oxidation sites excluding steroid dienone is 1. The highest BCUT2D eigenvalue weighted by molar-refractivity contribution is 5.85. The van der Waals surface area contributed by atoms with Gasteiger partial charge in [-0.15, -0.1) is 6.58 Å². The summed E-state index contributed by atoms with van der Waals surface area (Å²) in [5.74, 6) is -1.18. The minimum absolute atomic E-state index is 0.426. The van der Waals surface area contributed by atoms with Crippen molar-refractivity contribution < 1.29 is 9.90 Å². The summed E-state index contributed by atoms with van der Waals surface area (Å²) in [6.07, 6.45) is 4.20. The summed E-state index contributed by atoms with van der Waals surface area (Å²) >= 11 is 0. The molecule has 0 radical (unpaired) electrons. The minimum atomic E-state index is -0.751. The van der Waals surface area contributed by atoms with Crippen LogP contribution in [0.3, 0.4) is 0 Å². The Kier molecular flexibility index (Phi) is 4.35. The van der Waals surface area contributed by atoms with E-state index in [4.69, 9.17) is 0 Å². The maximum atomic E-state index is 11.4. The largest absolute Gasteiger partial charge is 0.481 e. The summed E-state index contributed by atoms with van der Waals surface area (Å²) in [5, 5.41) is 11.6. The van der Waals surface area contributed by atoms with E-state index < -0.39 is 11.9 Å². The predicted octanol–water partition coefficient (Wildman–Crippen LogP) is 4.36. The molecule has 0 spiro atoms. The molecule has 0 heterocycles. The molecule has 98 valence electrons. The molecule has 0 bridgehead atoms. The van der Waals surface area contributed by atoms with E-state index in [9.17, 15) is 9.90 Å². The number of rotatable bonds is 6. The van der Waals surface area contributed by atoms with Gasteiger partial charge in [0.05, 0.1) is 5.92 Å². The van der Waals surface area contributed by atoms with Gasteiger partial charge in [-0.3, -0.25) is 4.79 Å². The van der Waals surface area contributed by atoms with E-state index in [2.05, 4.69) is 6.58 Å². The lowest BCUT2D eigenvalue weighted by molar-refractivity contribution is -0.139. The Labute approximate surface area is 113 Å². The quantitative estimate of drug-likeness (QED) is 0.614. The fourth-order valence-corrected chi connectivity index (χ4v) is 2.32. The predicted molar refractivity (Wildman–Crippen MR) is 78.4 cm³/mol. The maximum absolute atomic E-state index is 11.4. The molecular formula is C17H18O2. The Balaban J connectivity index is 2.27. The van der Waals surface area contributed by atoms with Crippen LogP contribution in [-0.4, -0.2) is 11.1 Å². The Bertz CT molecular complexity index is 587. The van der Waals surface area contributed by atoms with Crippen LogP contribution in [0.5, 0.6) is 0 Å². The Morgan fingerprint density at radius 1 is 1.21 bits per heavy atom. The molecular weight excluding hydrogens is 236 g/mol. The first kappa shape index (κ1) is 13.3. The fraction of sp³-hybridized carbons (Fsp3) is 0.235. The Hall–Kier alpha value is -2.09. The molecule has 0 amide bonds. The summed E-state index contributed by atoms with van der Waals surface area (Å²) in [5.41, 5.74) is 0.885. The summed E-state index contributed by atoms with van der Waals surface area (Å²) in [7, 11) is 0. The van der Waals surface area contributed by atoms with Crippen LogP contribution in [0.25, 0.3) is 10.8 Å². The van der Waals surface area contributed by atoms with Gasteiger partial charge in [0.1, 0.15) is 0 Å². The molecule has 0 aliphatic rings. The van der Waals surface area contributed by atoms with Crippen LogP contribution in [0, 0.1) is 0 Å². The van der Waals surface area contributed by atoms with E-state index in [0.717, 1.165) is 29.2 Å². The van der Waals surface area contributed by atoms with Gasteiger partial charge in [-0.05, 0) is 35.6 Å². The van der Waals surface area contributed by atoms with Crippen molar-refractivity contribution in [1.29, 1.82) is 0 Å². The van der Waals surface area contributed by atoms with E-state index >= 15 is 0 Å². The highest BCUT2D eigenvalue weighted by atomic mass is 16.4. The van der Waals surface area contributed by atoms with E-state index in [1.807, 2.05) is 48.5 Å². The molecule has 0 aromatic heterocycles. The van der Waals surface area contributed by atoms with Crippen molar-refractivity contribution in [3.63, 3.8) is 0 Å². The number of unbranched alkanes of at least 4 members (excludes halogenated alkanes) is 1. The number of hydrogen-bond acceptors (Lipinski definition) is 1. The molecule has 1 atom stereocenters. The third kappa shape index (κ3) is 3.22. The van der Waals surface area contributed by atoms with Gasteiger partial charge in [0.15, 0.2) is 0 Å². The molecule has 19 heavy (non-hydrogen) atoms. The van der Waals surface area contributed by atoms with Gasteiger partial charge in [-0.2, -0.15) is 0 Å². The highest BCUT2D eigenvalue weighted by Crippen LogP contribution is 2.26. The van der Waals surface area contributed by atoms with Crippen molar-refractivity contribution in [2.45, 2.75) is 25.2 Å². The van der Waals surface area contributed by atoms with Gasteiger partial charge in [-0.1, -0.05) is 48.5 Å². The molecule has 2 rings (SSSR count). The Morgan fingerprint density at radius 2 is 1.95 bits per heavy atom. The summed E-state index contributed by atoms with van der Waals surface area (Å²) in [6.45, 7) is 3.67. The van der Waals surface area contributed by atoms with Crippen molar-refractivity contribution in [1.82, 2.24) is 0 Å². The number of carbonyl (C=O) groups is 1. The second-order valence-electron chi connectivity index (χ2n) is 4.72. The topological polar surface area (TPSA) is 37.3 Å². The van der Waals surface area contributed by atoms with Gasteiger partial charge < -0.3 is 5.11 Å². The molecule has 1 N–H and O–H groups in total. The number of fused-ring (bicyclic) bond motifs is 1. The molecule has 2 aromatic rings. The first-order chi connectivity index (χ1) is 9.22. The van der Waals surface area contributed by atoms with Gasteiger partial charge in [0, 0.05) is 0 Å². The SMILES string of the molecule is C=CCCCC(C(=O)O)c1ccc2ccccc2c1. The van der Waals surface area contributed by atoms with Crippen LogP contribution in [0.2, 0.25) is 0 Å². The average molecular weight is 254 g/mol. The number of aliphatic carboxylic acids is 1. The minimum Gasteiger partial charge on any atom is -0.481 e. The lowest BCUT2D eigenvalue weighted by atomic mass is 9.92. The second-order valence-corrected chi connectivity index (χ2v) is 4.72. The van der Waals surface area contributed by atoms with Crippen LogP contribution in [-0.2, 0) is 4.79 Å². The molecule has 0 aliphatic heterocycles. The third-order valence-electron chi connectivity index (χ3n) is 3.38. The first-order valence-electron chi connectivity index (χ1n) is 6.55. The lowest BCUT2D eigenvalue weighted by Crippen LogP contribution is -2.11. The van der Waals surface area contributed by atoms with E-state index in [0.29, 0.717) is 6.42 Å². The number of carboxylic acid groups (broad SMARTS) is 1. The van der Waals surface area contributed by atoms with Crippen molar-refractivity contribution in [3.05, 3.63) is 60.7 Å². The normalized spacial score (nSPS) is 12.2. The Morgan fingerprint density at radius 3 is 2.63 bits per heavy atom. The van der Waals surface area contributed by atoms with Gasteiger partial charge in [-0.25, -0.2) is 0 Å². The fourth-order valence-electron chi connectivity index (χ4n) is 2.32. The van der Waals surface area contributed by atoms with Crippen LogP contribution in [0.1, 0.15) is 30.7 Å². The second kappa shape index (κ2) is 6.19. The number of benzene rings is 2. The van der Waals surface area contributed by atoms with Crippen molar-refractivity contribution >= 4 is 16.7 Å². The van der Waals surface area contributed by atoms with Crippen molar-refractivity contribution in [2.24, 2.45) is 0 Å². The summed E-state index contributed by atoms with van der Waals surface area (Å²) in [6, 6.07) is 13.9. The van der Waals surface area contributed by atoms with Gasteiger partial charge >= 0.3 is 5.97 Å². The van der Waals surface area contributed by atoms with Gasteiger partial charge in [0.25, 0.3) is 0 Å². The highest BCUT2D eigenvalue weighted by Gasteiger charge is 2.19. The zero-order valence-electron chi connectivity index (χ0n) is 10.9. The summed E-state index contributed by atoms with van der Waals surface area (Å²) in [4.78, 5) is 11.4. The maximum Gasteiger partial charge on any atom is 0.310 e. The van der Waals surface area contributed by atoms with E-state index in [1.54, 1.807) is 0 Å². The van der Waals surface area contributed by atoms with E-state index in [-0.39, 0.29) is 0 Å². The molecule has 2 aromatic carbocycles. The van der Waals surface area contributed by atoms with Crippen LogP contribution in [0.15, 0.2) is 55.1 Å². The third-order valence-corrected chi connectivity index (χ3v) is 3.38. The smallest absolute Gasteiger partial charge is 0.310 e. The standard InChI is InChI=1S/C17H18O2/c1-2-3-4-9-16(17(18)19)15-11-10-13-7-5-6-8-14(13)12-15/h2,5-8,10-12,16H,1,3-4,9H2,(H,18,19). The number of hydrogen-bond donors (Lipinski definition) is 1. The van der Waals surface area contributed by atoms with Crippen LogP contribution in [0.4, 0.5) is 0 Å². The molecule has 2 nitrogen and oxygen atoms in total. The van der Waals surface area contributed by atoms with Crippen LogP contribution >= 0.6 is 0 Å². The van der Waals surface area contributed by atoms with Gasteiger partial charge in [0.2, 0.25) is 0 Å². The lowest BCUT2D eigenvalue weighted by Gasteiger charge is -2.13. The molecule has 2 heteroatoms.